The first-order valence-electron chi connectivity index (χ1n) is 6.26. The van der Waals surface area contributed by atoms with Crippen LogP contribution in [0.2, 0.25) is 5.02 Å². The Kier molecular flexibility index (Phi) is 4.48. The number of anilines is 2. The zero-order valence-electron chi connectivity index (χ0n) is 10.9. The third kappa shape index (κ3) is 3.52. The molecule has 0 aliphatic heterocycles. The highest BCUT2D eigenvalue weighted by Gasteiger charge is 2.00. The van der Waals surface area contributed by atoms with Gasteiger partial charge in [-0.1, -0.05) is 42.0 Å². The largest absolute Gasteiger partial charge is 0.399 e. The monoisotopic (exact) mass is 272 g/mol. The highest BCUT2D eigenvalue weighted by molar-refractivity contribution is 6.32. The van der Waals surface area contributed by atoms with Gasteiger partial charge in [0.05, 0.1) is 0 Å². The normalized spacial score (nSPS) is 10.8. The topological polar surface area (TPSA) is 38.0 Å². The second kappa shape index (κ2) is 6.30. The zero-order chi connectivity index (χ0) is 13.7. The fraction of sp³-hybridized carbons (Fsp3) is 0.125. The molecule has 2 nitrogen and oxygen atoms in total. The maximum absolute atomic E-state index is 6.13. The molecule has 98 valence electrons. The molecule has 19 heavy (non-hydrogen) atoms. The third-order valence-corrected chi connectivity index (χ3v) is 3.13. The van der Waals surface area contributed by atoms with E-state index < -0.39 is 0 Å². The van der Waals surface area contributed by atoms with Crippen molar-refractivity contribution in [1.29, 1.82) is 0 Å². The highest BCUT2D eigenvalue weighted by atomic mass is 35.5. The molecule has 0 aliphatic rings. The lowest BCUT2D eigenvalue weighted by Crippen LogP contribution is -1.99. The maximum Gasteiger partial charge on any atom is 0.0478 e. The van der Waals surface area contributed by atoms with Gasteiger partial charge in [-0.3, -0.25) is 0 Å². The molecule has 0 saturated heterocycles. The quantitative estimate of drug-likeness (QED) is 0.634. The molecule has 2 aromatic rings. The molecule has 0 amide bonds. The average molecular weight is 273 g/mol. The number of nitrogen functional groups attached to an aromatic ring is 1. The number of benzene rings is 2. The summed E-state index contributed by atoms with van der Waals surface area (Å²) in [6.45, 7) is 2.94. The number of rotatable bonds is 4. The fourth-order valence-corrected chi connectivity index (χ4v) is 2.06. The lowest BCUT2D eigenvalue weighted by molar-refractivity contribution is 1.21. The first-order valence-corrected chi connectivity index (χ1v) is 6.64. The van der Waals surface area contributed by atoms with Gasteiger partial charge in [0.15, 0.2) is 0 Å². The Bertz CT molecular complexity index is 591. The van der Waals surface area contributed by atoms with Crippen LogP contribution < -0.4 is 11.1 Å². The molecule has 0 fully saturated rings. The minimum Gasteiger partial charge on any atom is -0.399 e. The highest BCUT2D eigenvalue weighted by Crippen LogP contribution is 2.23. The number of hydrogen-bond acceptors (Lipinski definition) is 2. The van der Waals surface area contributed by atoms with Crippen LogP contribution >= 0.6 is 11.6 Å². The molecule has 2 rings (SSSR count). The number of halogens is 1. The van der Waals surface area contributed by atoms with Gasteiger partial charge in [0.2, 0.25) is 0 Å². The van der Waals surface area contributed by atoms with E-state index in [1.54, 1.807) is 0 Å². The molecular formula is C16H17ClN2. The van der Waals surface area contributed by atoms with E-state index in [9.17, 15) is 0 Å². The minimum atomic E-state index is 0.743. The van der Waals surface area contributed by atoms with Crippen molar-refractivity contribution >= 4 is 35.1 Å². The van der Waals surface area contributed by atoms with Crippen molar-refractivity contribution in [2.45, 2.75) is 6.92 Å². The van der Waals surface area contributed by atoms with Gasteiger partial charge in [-0.05, 0) is 42.3 Å². The van der Waals surface area contributed by atoms with Crippen molar-refractivity contribution in [1.82, 2.24) is 0 Å². The number of hydrogen-bond donors (Lipinski definition) is 2. The van der Waals surface area contributed by atoms with Gasteiger partial charge in [-0.15, -0.1) is 0 Å². The molecule has 2 aromatic carbocycles. The molecule has 0 unspecified atom stereocenters. The lowest BCUT2D eigenvalue weighted by Gasteiger charge is -2.08. The zero-order valence-corrected chi connectivity index (χ0v) is 11.6. The van der Waals surface area contributed by atoms with Crippen molar-refractivity contribution in [2.75, 3.05) is 17.6 Å². The van der Waals surface area contributed by atoms with E-state index in [1.165, 1.54) is 0 Å². The summed E-state index contributed by atoms with van der Waals surface area (Å²) in [5.41, 5.74) is 9.71. The SMILES string of the molecule is CCNc1ccc(N)cc1/C=C/c1ccccc1Cl. The van der Waals surface area contributed by atoms with Crippen LogP contribution in [0.15, 0.2) is 42.5 Å². The predicted molar refractivity (Wildman–Crippen MR) is 85.4 cm³/mol. The van der Waals surface area contributed by atoms with E-state index in [0.717, 1.165) is 34.1 Å². The standard InChI is InChI=1S/C16H17ClN2/c1-2-19-16-10-9-14(18)11-13(16)8-7-12-5-3-4-6-15(12)17/h3-11,19H,2,18H2,1H3/b8-7+. The summed E-state index contributed by atoms with van der Waals surface area (Å²) < 4.78 is 0. The first kappa shape index (κ1) is 13.5. The van der Waals surface area contributed by atoms with Gasteiger partial charge in [0.1, 0.15) is 0 Å². The lowest BCUT2D eigenvalue weighted by atomic mass is 10.1. The first-order chi connectivity index (χ1) is 9.20. The van der Waals surface area contributed by atoms with Crippen LogP contribution in [-0.2, 0) is 0 Å². The smallest absolute Gasteiger partial charge is 0.0478 e. The van der Waals surface area contributed by atoms with Crippen molar-refractivity contribution in [3.05, 3.63) is 58.6 Å². The Balaban J connectivity index is 2.32. The molecule has 3 heteroatoms. The molecule has 0 spiro atoms. The van der Waals surface area contributed by atoms with Crippen molar-refractivity contribution < 1.29 is 0 Å². The van der Waals surface area contributed by atoms with Crippen molar-refractivity contribution in [2.24, 2.45) is 0 Å². The minimum absolute atomic E-state index is 0.743. The number of nitrogens with two attached hydrogens (primary N) is 1. The number of nitrogens with one attached hydrogen (secondary N) is 1. The Hall–Kier alpha value is -1.93. The summed E-state index contributed by atoms with van der Waals surface area (Å²) in [7, 11) is 0. The van der Waals surface area contributed by atoms with Crippen LogP contribution in [0.3, 0.4) is 0 Å². The van der Waals surface area contributed by atoms with E-state index in [0.29, 0.717) is 0 Å². The summed E-state index contributed by atoms with van der Waals surface area (Å²) in [5.74, 6) is 0. The molecule has 3 N–H and O–H groups in total. The summed E-state index contributed by atoms with van der Waals surface area (Å²) in [6.07, 6.45) is 4.02. The second-order valence-corrected chi connectivity index (χ2v) is 4.64. The molecule has 0 radical (unpaired) electrons. The van der Waals surface area contributed by atoms with E-state index in [-0.39, 0.29) is 0 Å². The molecule has 0 aromatic heterocycles. The van der Waals surface area contributed by atoms with Crippen molar-refractivity contribution in [3.63, 3.8) is 0 Å². The molecule has 0 aliphatic carbocycles. The van der Waals surface area contributed by atoms with Crippen LogP contribution in [0.1, 0.15) is 18.1 Å². The van der Waals surface area contributed by atoms with E-state index in [2.05, 4.69) is 12.2 Å². The molecular weight excluding hydrogens is 256 g/mol. The van der Waals surface area contributed by atoms with Gasteiger partial charge in [-0.25, -0.2) is 0 Å². The van der Waals surface area contributed by atoms with E-state index in [4.69, 9.17) is 17.3 Å². The second-order valence-electron chi connectivity index (χ2n) is 4.23. The van der Waals surface area contributed by atoms with Gasteiger partial charge >= 0.3 is 0 Å². The van der Waals surface area contributed by atoms with E-state index >= 15 is 0 Å². The fourth-order valence-electron chi connectivity index (χ4n) is 1.86. The molecule has 0 atom stereocenters. The summed E-state index contributed by atoms with van der Waals surface area (Å²) in [5, 5.41) is 4.06. The third-order valence-electron chi connectivity index (χ3n) is 2.79. The molecule has 0 bridgehead atoms. The predicted octanol–water partition coefficient (Wildman–Crippen LogP) is 4.52. The average Bonchev–Trinajstić information content (AvgIpc) is 2.41. The summed E-state index contributed by atoms with van der Waals surface area (Å²) in [6, 6.07) is 13.6. The molecule has 0 heterocycles. The Morgan fingerprint density at radius 3 is 2.58 bits per heavy atom. The Morgan fingerprint density at radius 1 is 1.11 bits per heavy atom. The molecule has 0 saturated carbocycles. The van der Waals surface area contributed by atoms with Crippen molar-refractivity contribution in [3.8, 4) is 0 Å². The maximum atomic E-state index is 6.13. The Labute approximate surface area is 118 Å². The van der Waals surface area contributed by atoms with Crippen LogP contribution in [0.5, 0.6) is 0 Å². The van der Waals surface area contributed by atoms with Gasteiger partial charge < -0.3 is 11.1 Å². The van der Waals surface area contributed by atoms with E-state index in [1.807, 2.05) is 54.6 Å². The Morgan fingerprint density at radius 2 is 1.84 bits per heavy atom. The van der Waals surface area contributed by atoms with Gasteiger partial charge in [0.25, 0.3) is 0 Å². The van der Waals surface area contributed by atoms with Crippen LogP contribution in [0.4, 0.5) is 11.4 Å². The summed E-state index contributed by atoms with van der Waals surface area (Å²) >= 11 is 6.13. The summed E-state index contributed by atoms with van der Waals surface area (Å²) in [4.78, 5) is 0. The van der Waals surface area contributed by atoms with Gasteiger partial charge in [0, 0.05) is 22.9 Å². The van der Waals surface area contributed by atoms with Gasteiger partial charge in [-0.2, -0.15) is 0 Å². The van der Waals surface area contributed by atoms with Crippen LogP contribution in [0.25, 0.3) is 12.2 Å². The van der Waals surface area contributed by atoms with Crippen LogP contribution in [0, 0.1) is 0 Å². The van der Waals surface area contributed by atoms with Crippen LogP contribution in [-0.4, -0.2) is 6.54 Å².